The summed E-state index contributed by atoms with van der Waals surface area (Å²) < 4.78 is 42.9. The first-order chi connectivity index (χ1) is 18.5. The van der Waals surface area contributed by atoms with Crippen molar-refractivity contribution in [2.75, 3.05) is 13.3 Å². The second-order valence-electron chi connectivity index (χ2n) is 8.79. The number of halogens is 2. The van der Waals surface area contributed by atoms with Gasteiger partial charge in [0.1, 0.15) is 17.3 Å². The molecular weight excluding hydrogens is 569 g/mol. The van der Waals surface area contributed by atoms with E-state index in [4.69, 9.17) is 37.4 Å². The molecule has 0 bridgehead atoms. The Morgan fingerprint density at radius 3 is 2.26 bits per heavy atom. The summed E-state index contributed by atoms with van der Waals surface area (Å²) in [5, 5.41) is 0.0233. The van der Waals surface area contributed by atoms with Crippen molar-refractivity contribution in [1.29, 1.82) is 0 Å². The number of nitrogens with zero attached hydrogens (tertiary/aromatic N) is 1. The van der Waals surface area contributed by atoms with Crippen molar-refractivity contribution < 1.29 is 37.0 Å². The minimum Gasteiger partial charge on any atom is -0.482 e. The molecule has 0 fully saturated rings. The van der Waals surface area contributed by atoms with Gasteiger partial charge >= 0.3 is 11.9 Å². The van der Waals surface area contributed by atoms with E-state index in [1.54, 1.807) is 26.0 Å². The predicted octanol–water partition coefficient (Wildman–Crippen LogP) is 5.20. The molecule has 1 aliphatic rings. The van der Waals surface area contributed by atoms with E-state index in [-0.39, 0.29) is 44.3 Å². The Kier molecular flexibility index (Phi) is 8.48. The van der Waals surface area contributed by atoms with Gasteiger partial charge in [-0.25, -0.2) is 18.0 Å². The van der Waals surface area contributed by atoms with Crippen LogP contribution in [0.2, 0.25) is 10.0 Å². The molecule has 3 aromatic carbocycles. The fourth-order valence-corrected chi connectivity index (χ4v) is 5.88. The summed E-state index contributed by atoms with van der Waals surface area (Å²) in [6.07, 6.45) is 0. The van der Waals surface area contributed by atoms with E-state index in [1.807, 2.05) is 18.2 Å². The smallest absolute Gasteiger partial charge is 0.344 e. The van der Waals surface area contributed by atoms with Crippen LogP contribution in [0, 0.1) is 0 Å². The zero-order chi connectivity index (χ0) is 28.3. The van der Waals surface area contributed by atoms with E-state index in [9.17, 15) is 22.8 Å². The molecule has 12 heteroatoms. The highest BCUT2D eigenvalue weighted by Gasteiger charge is 2.44. The number of sulfonamides is 1. The first kappa shape index (κ1) is 28.4. The van der Waals surface area contributed by atoms with Crippen LogP contribution in [0.15, 0.2) is 65.6 Å². The van der Waals surface area contributed by atoms with E-state index in [2.05, 4.69) is 0 Å². The highest BCUT2D eigenvalue weighted by Crippen LogP contribution is 2.39. The molecule has 0 spiro atoms. The number of rotatable bonds is 9. The van der Waals surface area contributed by atoms with Crippen LogP contribution >= 0.6 is 23.2 Å². The number of carbonyl (C=O) groups excluding carboxylic acids is 3. The van der Waals surface area contributed by atoms with Crippen LogP contribution in [0.3, 0.4) is 0 Å². The molecule has 0 radical (unpaired) electrons. The Hall–Kier alpha value is -3.60. The monoisotopic (exact) mass is 591 g/mol. The van der Waals surface area contributed by atoms with E-state index in [1.165, 1.54) is 24.3 Å². The Labute approximate surface area is 235 Å². The van der Waals surface area contributed by atoms with Crippen LogP contribution in [0.25, 0.3) is 0 Å². The van der Waals surface area contributed by atoms with Gasteiger partial charge < -0.3 is 14.2 Å². The number of amides is 1. The maximum Gasteiger partial charge on any atom is 0.344 e. The molecule has 4 rings (SSSR count). The fourth-order valence-electron chi connectivity index (χ4n) is 3.87. The van der Waals surface area contributed by atoms with Gasteiger partial charge in [0.2, 0.25) is 0 Å². The van der Waals surface area contributed by atoms with Crippen molar-refractivity contribution in [3.05, 3.63) is 93.0 Å². The van der Waals surface area contributed by atoms with Crippen molar-refractivity contribution in [3.8, 4) is 5.75 Å². The van der Waals surface area contributed by atoms with Gasteiger partial charge in [-0.2, -0.15) is 4.31 Å². The van der Waals surface area contributed by atoms with Crippen LogP contribution < -0.4 is 4.74 Å². The third kappa shape index (κ3) is 6.03. The van der Waals surface area contributed by atoms with Gasteiger partial charge in [-0.1, -0.05) is 73.4 Å². The summed E-state index contributed by atoms with van der Waals surface area (Å²) in [5.41, 5.74) is 0.973. The third-order valence-corrected chi connectivity index (χ3v) is 8.17. The van der Waals surface area contributed by atoms with Gasteiger partial charge in [-0.05, 0) is 35.2 Å². The Balaban J connectivity index is 1.51. The van der Waals surface area contributed by atoms with Gasteiger partial charge in [0.15, 0.2) is 13.3 Å². The highest BCUT2D eigenvalue weighted by molar-refractivity contribution is 7.90. The molecule has 0 N–H and O–H groups in total. The van der Waals surface area contributed by atoms with E-state index < -0.39 is 41.2 Å². The largest absolute Gasteiger partial charge is 0.482 e. The van der Waals surface area contributed by atoms with Gasteiger partial charge in [0, 0.05) is 6.07 Å². The third-order valence-electron chi connectivity index (χ3n) is 5.82. The maximum atomic E-state index is 13.3. The van der Waals surface area contributed by atoms with Gasteiger partial charge in [-0.3, -0.25) is 4.79 Å². The Bertz CT molecular complexity index is 1520. The summed E-state index contributed by atoms with van der Waals surface area (Å²) >= 11 is 12.0. The van der Waals surface area contributed by atoms with Crippen molar-refractivity contribution in [2.45, 2.75) is 31.3 Å². The normalized spacial score (nSPS) is 13.8. The molecule has 0 saturated heterocycles. The number of carbonyl (C=O) groups is 3. The van der Waals surface area contributed by atoms with E-state index >= 15 is 0 Å². The van der Waals surface area contributed by atoms with Gasteiger partial charge in [0.25, 0.3) is 15.9 Å². The lowest BCUT2D eigenvalue weighted by Crippen LogP contribution is -2.33. The average molecular weight is 592 g/mol. The van der Waals surface area contributed by atoms with Crippen molar-refractivity contribution >= 4 is 51.1 Å². The van der Waals surface area contributed by atoms with Crippen LogP contribution in [0.4, 0.5) is 0 Å². The number of ether oxygens (including phenoxy) is 3. The summed E-state index contributed by atoms with van der Waals surface area (Å²) in [6.45, 7) is 2.23. The van der Waals surface area contributed by atoms with Crippen LogP contribution in [0.5, 0.6) is 5.75 Å². The van der Waals surface area contributed by atoms with Crippen molar-refractivity contribution in [3.63, 3.8) is 0 Å². The predicted molar refractivity (Wildman–Crippen MR) is 142 cm³/mol. The molecule has 0 unspecified atom stereocenters. The number of benzene rings is 3. The van der Waals surface area contributed by atoms with Crippen molar-refractivity contribution in [1.82, 2.24) is 4.31 Å². The summed E-state index contributed by atoms with van der Waals surface area (Å²) in [6, 6.07) is 16.1. The topological polar surface area (TPSA) is 116 Å². The molecule has 1 heterocycles. The number of esters is 2. The summed E-state index contributed by atoms with van der Waals surface area (Å²) in [4.78, 5) is 37.6. The molecule has 3 aromatic rings. The minimum absolute atomic E-state index is 0.0116. The SMILES string of the molecule is CC(C)c1cc(OCC(=O)OCc2ccccc2)cc2c1C(=O)N(COC(=O)c1c(Cl)cccc1Cl)S2(=O)=O. The Morgan fingerprint density at radius 1 is 0.949 bits per heavy atom. The molecule has 0 atom stereocenters. The van der Waals surface area contributed by atoms with Crippen LogP contribution in [-0.4, -0.2) is 43.9 Å². The molecule has 0 saturated carbocycles. The van der Waals surface area contributed by atoms with Gasteiger partial charge in [-0.15, -0.1) is 0 Å². The number of hydrogen-bond acceptors (Lipinski definition) is 8. The maximum absolute atomic E-state index is 13.3. The van der Waals surface area contributed by atoms with Gasteiger partial charge in [0.05, 0.1) is 21.2 Å². The lowest BCUT2D eigenvalue weighted by molar-refractivity contribution is -0.147. The first-order valence-corrected chi connectivity index (χ1v) is 13.9. The summed E-state index contributed by atoms with van der Waals surface area (Å²) in [7, 11) is -4.41. The average Bonchev–Trinajstić information content (AvgIpc) is 3.09. The van der Waals surface area contributed by atoms with E-state index in [0.29, 0.717) is 9.87 Å². The molecule has 1 amide bonds. The lowest BCUT2D eigenvalue weighted by atomic mass is 9.96. The molecule has 0 aliphatic carbocycles. The molecule has 39 heavy (non-hydrogen) atoms. The van der Waals surface area contributed by atoms with Crippen LogP contribution in [-0.2, 0) is 30.9 Å². The Morgan fingerprint density at radius 2 is 1.62 bits per heavy atom. The highest BCUT2D eigenvalue weighted by atomic mass is 35.5. The second-order valence-corrected chi connectivity index (χ2v) is 11.4. The molecule has 9 nitrogen and oxygen atoms in total. The molecule has 204 valence electrons. The minimum atomic E-state index is -4.41. The van der Waals surface area contributed by atoms with E-state index in [0.717, 1.165) is 11.6 Å². The quantitative estimate of drug-likeness (QED) is 0.312. The lowest BCUT2D eigenvalue weighted by Gasteiger charge is -2.16. The summed E-state index contributed by atoms with van der Waals surface area (Å²) in [5.74, 6) is -2.73. The molecule has 0 aromatic heterocycles. The zero-order valence-electron chi connectivity index (χ0n) is 20.8. The standard InChI is InChI=1S/C27H23Cl2NO8S/c1-16(2)19-11-18(36-14-23(31)37-13-17-7-4-3-5-8-17)12-22-24(19)26(32)30(39(22,34)35)15-38-27(33)25-20(28)9-6-10-21(25)29/h3-12,16H,13-15H2,1-2H3. The van der Waals surface area contributed by atoms with Crippen LogP contribution in [0.1, 0.15) is 51.6 Å². The first-order valence-electron chi connectivity index (χ1n) is 11.7. The zero-order valence-corrected chi connectivity index (χ0v) is 23.2. The molecule has 1 aliphatic heterocycles. The number of hydrogen-bond donors (Lipinski definition) is 0. The number of fused-ring (bicyclic) bond motifs is 1. The van der Waals surface area contributed by atoms with Crippen molar-refractivity contribution in [2.24, 2.45) is 0 Å². The molecular formula is C27H23Cl2NO8S. The second kappa shape index (κ2) is 11.6. The fraction of sp³-hybridized carbons (Fsp3) is 0.222.